The van der Waals surface area contributed by atoms with Crippen molar-refractivity contribution in [2.24, 2.45) is 15.9 Å². The van der Waals surface area contributed by atoms with Crippen LogP contribution in [0.4, 0.5) is 5.69 Å². The number of aliphatic imine (C=N–C) groups is 2. The maximum Gasteiger partial charge on any atom is 0.219 e. The highest BCUT2D eigenvalue weighted by Gasteiger charge is 2.11. The summed E-state index contributed by atoms with van der Waals surface area (Å²) in [5.41, 5.74) is 0.950. The number of nitrogens with zero attached hydrogens (tertiary/aromatic N) is 2. The van der Waals surface area contributed by atoms with E-state index in [-0.39, 0.29) is 0 Å². The molecule has 2 N–H and O–H groups in total. The van der Waals surface area contributed by atoms with E-state index in [9.17, 15) is 0 Å². The Hall–Kier alpha value is -1.55. The molecule has 4 nitrogen and oxygen atoms in total. The van der Waals surface area contributed by atoms with Gasteiger partial charge in [-0.2, -0.15) is 0 Å². The molecule has 0 spiro atoms. The van der Waals surface area contributed by atoms with Crippen molar-refractivity contribution in [3.05, 3.63) is 29.3 Å². The number of hydrogen-bond donors (Lipinski definition) is 2. The van der Waals surface area contributed by atoms with E-state index in [4.69, 9.17) is 11.6 Å². The molecule has 0 aliphatic heterocycles. The van der Waals surface area contributed by atoms with Crippen LogP contribution in [0.3, 0.4) is 0 Å². The third-order valence-corrected chi connectivity index (χ3v) is 3.76. The first-order valence-electron chi connectivity index (χ1n) is 7.27. The zero-order chi connectivity index (χ0) is 15.8. The number of amidine groups is 1. The predicted molar refractivity (Wildman–Crippen MR) is 93.6 cm³/mol. The summed E-state index contributed by atoms with van der Waals surface area (Å²) >= 11 is 5.87. The Bertz CT molecular complexity index is 494. The predicted octanol–water partition coefficient (Wildman–Crippen LogP) is 4.18. The van der Waals surface area contributed by atoms with Gasteiger partial charge in [0.1, 0.15) is 5.84 Å². The summed E-state index contributed by atoms with van der Waals surface area (Å²) in [6.45, 7) is 8.46. The second kappa shape index (κ2) is 8.67. The Balaban J connectivity index is 2.67. The minimum Gasteiger partial charge on any atom is -0.352 e. The molecule has 0 fully saturated rings. The van der Waals surface area contributed by atoms with E-state index < -0.39 is 0 Å². The van der Waals surface area contributed by atoms with E-state index in [1.807, 2.05) is 31.2 Å². The molecule has 0 bridgehead atoms. The molecule has 0 aromatic heterocycles. The molecule has 1 aromatic rings. The van der Waals surface area contributed by atoms with Crippen molar-refractivity contribution in [2.75, 3.05) is 12.4 Å². The van der Waals surface area contributed by atoms with Gasteiger partial charge in [0.25, 0.3) is 0 Å². The smallest absolute Gasteiger partial charge is 0.219 e. The van der Waals surface area contributed by atoms with Crippen molar-refractivity contribution in [3.63, 3.8) is 0 Å². The Kier molecular flexibility index (Phi) is 7.23. The Morgan fingerprint density at radius 2 is 1.86 bits per heavy atom. The van der Waals surface area contributed by atoms with Gasteiger partial charge in [0, 0.05) is 23.8 Å². The fourth-order valence-electron chi connectivity index (χ4n) is 1.78. The molecule has 1 rings (SSSR count). The first-order chi connectivity index (χ1) is 9.96. The minimum atomic E-state index is 0.334. The molecule has 2 unspecified atom stereocenters. The summed E-state index contributed by atoms with van der Waals surface area (Å²) < 4.78 is 0. The molecule has 0 heterocycles. The number of guanidine groups is 1. The number of nitrogens with one attached hydrogen (secondary N) is 2. The van der Waals surface area contributed by atoms with Gasteiger partial charge in [0.05, 0.1) is 0 Å². The van der Waals surface area contributed by atoms with Crippen LogP contribution in [0.1, 0.15) is 34.1 Å². The minimum absolute atomic E-state index is 0.334. The lowest BCUT2D eigenvalue weighted by atomic mass is 10.0. The summed E-state index contributed by atoms with van der Waals surface area (Å²) in [5, 5.41) is 7.28. The van der Waals surface area contributed by atoms with E-state index in [2.05, 4.69) is 41.4 Å². The van der Waals surface area contributed by atoms with E-state index in [1.54, 1.807) is 7.05 Å². The van der Waals surface area contributed by atoms with Gasteiger partial charge in [0.15, 0.2) is 0 Å². The van der Waals surface area contributed by atoms with Crippen LogP contribution in [-0.2, 0) is 0 Å². The summed E-state index contributed by atoms with van der Waals surface area (Å²) in [4.78, 5) is 8.68. The lowest BCUT2D eigenvalue weighted by molar-refractivity contribution is 0.436. The molecule has 0 saturated carbocycles. The third-order valence-electron chi connectivity index (χ3n) is 3.51. The molecule has 1 aromatic carbocycles. The Labute approximate surface area is 132 Å². The van der Waals surface area contributed by atoms with Crippen molar-refractivity contribution in [1.29, 1.82) is 0 Å². The normalized spacial score (nSPS) is 15.5. The van der Waals surface area contributed by atoms with Crippen molar-refractivity contribution in [1.82, 2.24) is 5.32 Å². The van der Waals surface area contributed by atoms with Crippen molar-refractivity contribution in [2.45, 2.75) is 40.2 Å². The average molecular weight is 309 g/mol. The van der Waals surface area contributed by atoms with Crippen molar-refractivity contribution >= 4 is 29.1 Å². The quantitative estimate of drug-likeness (QED) is 0.647. The van der Waals surface area contributed by atoms with Crippen LogP contribution < -0.4 is 10.6 Å². The van der Waals surface area contributed by atoms with Crippen LogP contribution in [0.5, 0.6) is 0 Å². The average Bonchev–Trinajstić information content (AvgIpc) is 2.47. The molecule has 0 aliphatic rings. The fraction of sp³-hybridized carbons (Fsp3) is 0.500. The SMILES string of the molecule is CCC(C)C(C)NC(N=C(C)Nc1ccc(Cl)cc1)=NC. The molecule has 21 heavy (non-hydrogen) atoms. The van der Waals surface area contributed by atoms with Crippen LogP contribution in [-0.4, -0.2) is 24.9 Å². The van der Waals surface area contributed by atoms with Gasteiger partial charge >= 0.3 is 0 Å². The van der Waals surface area contributed by atoms with Crippen LogP contribution in [0.25, 0.3) is 0 Å². The third kappa shape index (κ3) is 6.17. The highest BCUT2D eigenvalue weighted by molar-refractivity contribution is 6.30. The summed E-state index contributed by atoms with van der Waals surface area (Å²) in [6.07, 6.45) is 1.12. The molecule has 0 saturated heterocycles. The molecule has 0 aliphatic carbocycles. The lowest BCUT2D eigenvalue weighted by Gasteiger charge is -2.20. The molecule has 0 amide bonds. The zero-order valence-corrected chi connectivity index (χ0v) is 14.2. The van der Waals surface area contributed by atoms with Gasteiger partial charge in [-0.3, -0.25) is 4.99 Å². The molecule has 116 valence electrons. The zero-order valence-electron chi connectivity index (χ0n) is 13.4. The van der Waals surface area contributed by atoms with Gasteiger partial charge in [-0.05, 0) is 44.0 Å². The highest BCUT2D eigenvalue weighted by atomic mass is 35.5. The van der Waals surface area contributed by atoms with E-state index in [0.717, 1.165) is 23.0 Å². The van der Waals surface area contributed by atoms with Crippen LogP contribution >= 0.6 is 11.6 Å². The monoisotopic (exact) mass is 308 g/mol. The highest BCUT2D eigenvalue weighted by Crippen LogP contribution is 2.13. The van der Waals surface area contributed by atoms with Gasteiger partial charge in [0.2, 0.25) is 5.96 Å². The fourth-order valence-corrected chi connectivity index (χ4v) is 1.90. The topological polar surface area (TPSA) is 48.8 Å². The molecular formula is C16H25ClN4. The van der Waals surface area contributed by atoms with Crippen molar-refractivity contribution < 1.29 is 0 Å². The number of rotatable bonds is 4. The molecule has 2 atom stereocenters. The van der Waals surface area contributed by atoms with Crippen LogP contribution in [0, 0.1) is 5.92 Å². The van der Waals surface area contributed by atoms with Gasteiger partial charge in [-0.25, -0.2) is 4.99 Å². The van der Waals surface area contributed by atoms with Gasteiger partial charge in [-0.1, -0.05) is 31.9 Å². The summed E-state index contributed by atoms with van der Waals surface area (Å²) in [5.74, 6) is 1.99. The Morgan fingerprint density at radius 1 is 1.24 bits per heavy atom. The molecule has 5 heteroatoms. The maximum atomic E-state index is 5.87. The van der Waals surface area contributed by atoms with Crippen LogP contribution in [0.15, 0.2) is 34.3 Å². The van der Waals surface area contributed by atoms with Crippen molar-refractivity contribution in [3.8, 4) is 0 Å². The maximum absolute atomic E-state index is 5.87. The molecular weight excluding hydrogens is 284 g/mol. The number of benzene rings is 1. The summed E-state index contributed by atoms with van der Waals surface area (Å²) in [7, 11) is 1.74. The van der Waals surface area contributed by atoms with E-state index in [0.29, 0.717) is 17.9 Å². The Morgan fingerprint density at radius 3 is 2.38 bits per heavy atom. The van der Waals surface area contributed by atoms with Gasteiger partial charge in [-0.15, -0.1) is 0 Å². The number of anilines is 1. The second-order valence-corrected chi connectivity index (χ2v) is 5.63. The lowest BCUT2D eigenvalue weighted by Crippen LogP contribution is -2.36. The largest absolute Gasteiger partial charge is 0.352 e. The number of halogens is 1. The number of hydrogen-bond acceptors (Lipinski definition) is 1. The van der Waals surface area contributed by atoms with E-state index >= 15 is 0 Å². The van der Waals surface area contributed by atoms with E-state index in [1.165, 1.54) is 0 Å². The first-order valence-corrected chi connectivity index (χ1v) is 7.65. The first kappa shape index (κ1) is 17.5. The summed E-state index contributed by atoms with van der Waals surface area (Å²) in [6, 6.07) is 7.85. The van der Waals surface area contributed by atoms with Crippen LogP contribution in [0.2, 0.25) is 5.02 Å². The molecule has 0 radical (unpaired) electrons. The second-order valence-electron chi connectivity index (χ2n) is 5.19. The standard InChI is InChI=1S/C16H25ClN4/c1-6-11(2)12(3)19-16(18-5)21-13(4)20-15-9-7-14(17)8-10-15/h7-12H,6H2,1-5H3,(H2,18,19,20,21). The van der Waals surface area contributed by atoms with Gasteiger partial charge < -0.3 is 10.6 Å².